The van der Waals surface area contributed by atoms with Gasteiger partial charge < -0.3 is 14.8 Å². The number of nitro benzene ring substituents is 1. The zero-order chi connectivity index (χ0) is 20.0. The number of thioether (sulfide) groups is 1. The van der Waals surface area contributed by atoms with Gasteiger partial charge in [-0.05, 0) is 43.5 Å². The van der Waals surface area contributed by atoms with Crippen LogP contribution in [-0.2, 0) is 9.53 Å². The first-order valence-electron chi connectivity index (χ1n) is 7.84. The summed E-state index contributed by atoms with van der Waals surface area (Å²) in [5.41, 5.74) is 0.402. The van der Waals surface area contributed by atoms with E-state index in [2.05, 4.69) is 5.32 Å². The zero-order valence-electron chi connectivity index (χ0n) is 14.9. The van der Waals surface area contributed by atoms with Crippen LogP contribution >= 0.6 is 11.8 Å². The predicted molar refractivity (Wildman–Crippen MR) is 101 cm³/mol. The highest BCUT2D eigenvalue weighted by Gasteiger charge is 2.21. The molecule has 2 aromatic rings. The minimum atomic E-state index is -1.07. The van der Waals surface area contributed by atoms with Crippen molar-refractivity contribution in [2.24, 2.45) is 0 Å². The Bertz CT molecular complexity index is 853. The topological polar surface area (TPSA) is 108 Å². The fourth-order valence-corrected chi connectivity index (χ4v) is 2.55. The summed E-state index contributed by atoms with van der Waals surface area (Å²) in [6, 6.07) is 10.6. The minimum absolute atomic E-state index is 0.128. The first kappa shape index (κ1) is 20.2. The highest BCUT2D eigenvalue weighted by molar-refractivity contribution is 7.98. The summed E-state index contributed by atoms with van der Waals surface area (Å²) in [6.45, 7) is 1.43. The Morgan fingerprint density at radius 2 is 1.85 bits per heavy atom. The van der Waals surface area contributed by atoms with E-state index in [0.29, 0.717) is 5.56 Å². The molecule has 1 N–H and O–H groups in total. The highest BCUT2D eigenvalue weighted by atomic mass is 32.2. The molecule has 142 valence electrons. The fraction of sp³-hybridized carbons (Fsp3) is 0.222. The molecule has 0 saturated carbocycles. The van der Waals surface area contributed by atoms with Crippen LogP contribution in [0.1, 0.15) is 17.3 Å². The van der Waals surface area contributed by atoms with Gasteiger partial charge in [-0.15, -0.1) is 11.8 Å². The molecule has 0 fully saturated rings. The van der Waals surface area contributed by atoms with Crippen LogP contribution < -0.4 is 10.1 Å². The lowest BCUT2D eigenvalue weighted by Gasteiger charge is -2.15. The Morgan fingerprint density at radius 1 is 1.19 bits per heavy atom. The third kappa shape index (κ3) is 5.20. The van der Waals surface area contributed by atoms with Crippen LogP contribution in [-0.4, -0.2) is 36.3 Å². The van der Waals surface area contributed by atoms with Crippen LogP contribution in [0.4, 0.5) is 11.4 Å². The van der Waals surface area contributed by atoms with E-state index >= 15 is 0 Å². The van der Waals surface area contributed by atoms with E-state index < -0.39 is 22.9 Å². The average Bonchev–Trinajstić information content (AvgIpc) is 2.67. The van der Waals surface area contributed by atoms with Crippen LogP contribution in [0.5, 0.6) is 5.75 Å². The van der Waals surface area contributed by atoms with Gasteiger partial charge in [0.25, 0.3) is 11.6 Å². The summed E-state index contributed by atoms with van der Waals surface area (Å²) in [7, 11) is 1.33. The molecule has 8 nitrogen and oxygen atoms in total. The van der Waals surface area contributed by atoms with Crippen LogP contribution in [0.3, 0.4) is 0 Å². The summed E-state index contributed by atoms with van der Waals surface area (Å²) < 4.78 is 10.2. The molecule has 1 atom stereocenters. The molecule has 1 amide bonds. The first-order valence-corrected chi connectivity index (χ1v) is 9.06. The number of carbonyl (C=O) groups is 2. The second-order valence-corrected chi connectivity index (χ2v) is 6.29. The number of amides is 1. The molecular formula is C18H18N2O6S. The molecule has 0 heterocycles. The van der Waals surface area contributed by atoms with E-state index in [4.69, 9.17) is 9.47 Å². The second kappa shape index (κ2) is 9.04. The van der Waals surface area contributed by atoms with Gasteiger partial charge in [-0.25, -0.2) is 4.79 Å². The van der Waals surface area contributed by atoms with Gasteiger partial charge in [0.15, 0.2) is 6.10 Å². The predicted octanol–water partition coefficient (Wildman–Crippen LogP) is 3.51. The second-order valence-electron chi connectivity index (χ2n) is 5.41. The van der Waals surface area contributed by atoms with Crippen molar-refractivity contribution in [3.8, 4) is 5.75 Å². The molecule has 0 aromatic heterocycles. The fourth-order valence-electron chi connectivity index (χ4n) is 2.14. The van der Waals surface area contributed by atoms with Crippen LogP contribution in [0, 0.1) is 10.1 Å². The molecule has 2 aromatic carbocycles. The number of esters is 1. The number of nitro groups is 1. The Kier molecular flexibility index (Phi) is 6.78. The lowest BCUT2D eigenvalue weighted by molar-refractivity contribution is -0.384. The van der Waals surface area contributed by atoms with E-state index in [1.807, 2.05) is 6.26 Å². The van der Waals surface area contributed by atoms with Crippen molar-refractivity contribution < 1.29 is 24.0 Å². The van der Waals surface area contributed by atoms with E-state index in [-0.39, 0.29) is 17.1 Å². The average molecular weight is 390 g/mol. The van der Waals surface area contributed by atoms with Gasteiger partial charge in [0, 0.05) is 11.0 Å². The molecule has 2 rings (SSSR count). The van der Waals surface area contributed by atoms with E-state index in [0.717, 1.165) is 4.90 Å². The molecule has 0 spiro atoms. The van der Waals surface area contributed by atoms with Gasteiger partial charge >= 0.3 is 5.97 Å². The van der Waals surface area contributed by atoms with Gasteiger partial charge in [0.05, 0.1) is 29.4 Å². The van der Waals surface area contributed by atoms with Gasteiger partial charge in [-0.3, -0.25) is 14.9 Å². The third-order valence-corrected chi connectivity index (χ3v) is 4.38. The van der Waals surface area contributed by atoms with Gasteiger partial charge in [0.1, 0.15) is 5.75 Å². The molecule has 9 heteroatoms. The number of anilines is 1. The molecule has 0 aliphatic heterocycles. The number of nitrogens with zero attached hydrogens (tertiary/aromatic N) is 1. The van der Waals surface area contributed by atoms with Crippen LogP contribution in [0.2, 0.25) is 0 Å². The van der Waals surface area contributed by atoms with Crippen LogP contribution in [0.25, 0.3) is 0 Å². The Balaban J connectivity index is 2.04. The molecule has 0 aliphatic carbocycles. The number of hydrogen-bond acceptors (Lipinski definition) is 7. The standard InChI is InChI=1S/C18H18N2O6S/c1-11(26-18(22)12-4-7-14(27-3)8-5-12)17(21)19-15-9-6-13(20(23)24)10-16(15)25-2/h4-11H,1-3H3,(H,19,21)/t11-/m0/s1. The van der Waals surface area contributed by atoms with Crippen molar-refractivity contribution in [1.29, 1.82) is 0 Å². The van der Waals surface area contributed by atoms with Crippen molar-refractivity contribution in [2.75, 3.05) is 18.7 Å². The maximum absolute atomic E-state index is 12.3. The molecule has 0 bridgehead atoms. The van der Waals surface area contributed by atoms with Crippen molar-refractivity contribution in [2.45, 2.75) is 17.9 Å². The van der Waals surface area contributed by atoms with E-state index in [1.165, 1.54) is 32.2 Å². The Morgan fingerprint density at radius 3 is 2.41 bits per heavy atom. The summed E-state index contributed by atoms with van der Waals surface area (Å²) in [5, 5.41) is 13.3. The van der Waals surface area contributed by atoms with Crippen molar-refractivity contribution in [3.63, 3.8) is 0 Å². The number of hydrogen-bond donors (Lipinski definition) is 1. The quantitative estimate of drug-likeness (QED) is 0.333. The third-order valence-electron chi connectivity index (χ3n) is 3.63. The molecule has 0 radical (unpaired) electrons. The summed E-state index contributed by atoms with van der Waals surface area (Å²) in [6.07, 6.45) is 0.851. The lowest BCUT2D eigenvalue weighted by atomic mass is 10.2. The van der Waals surface area contributed by atoms with Gasteiger partial charge in [0.2, 0.25) is 0 Å². The number of benzene rings is 2. The maximum atomic E-state index is 12.3. The van der Waals surface area contributed by atoms with E-state index in [9.17, 15) is 19.7 Å². The van der Waals surface area contributed by atoms with E-state index in [1.54, 1.807) is 36.0 Å². The largest absolute Gasteiger partial charge is 0.494 e. The first-order chi connectivity index (χ1) is 12.8. The monoisotopic (exact) mass is 390 g/mol. The minimum Gasteiger partial charge on any atom is -0.494 e. The smallest absolute Gasteiger partial charge is 0.338 e. The molecule has 27 heavy (non-hydrogen) atoms. The van der Waals surface area contributed by atoms with Gasteiger partial charge in [-0.2, -0.15) is 0 Å². The van der Waals surface area contributed by atoms with Crippen molar-refractivity contribution >= 4 is 35.0 Å². The molecule has 0 saturated heterocycles. The van der Waals surface area contributed by atoms with Gasteiger partial charge in [-0.1, -0.05) is 0 Å². The number of methoxy groups -OCH3 is 1. The lowest BCUT2D eigenvalue weighted by Crippen LogP contribution is -2.30. The number of carbonyl (C=O) groups excluding carboxylic acids is 2. The van der Waals surface area contributed by atoms with Crippen molar-refractivity contribution in [3.05, 3.63) is 58.1 Å². The summed E-state index contributed by atoms with van der Waals surface area (Å²) in [5.74, 6) is -1.08. The number of ether oxygens (including phenoxy) is 2. The number of rotatable bonds is 7. The normalized spacial score (nSPS) is 11.4. The Hall–Kier alpha value is -3.07. The zero-order valence-corrected chi connectivity index (χ0v) is 15.7. The SMILES string of the molecule is COc1cc([N+](=O)[O-])ccc1NC(=O)[C@H](C)OC(=O)c1ccc(SC)cc1. The van der Waals surface area contributed by atoms with Crippen molar-refractivity contribution in [1.82, 2.24) is 0 Å². The molecule has 0 aliphatic rings. The molecular weight excluding hydrogens is 372 g/mol. The highest BCUT2D eigenvalue weighted by Crippen LogP contribution is 2.29. The number of non-ortho nitro benzene ring substituents is 1. The Labute approximate surface area is 160 Å². The summed E-state index contributed by atoms with van der Waals surface area (Å²) in [4.78, 5) is 35.7. The number of nitrogens with one attached hydrogen (secondary N) is 1. The molecule has 0 unspecified atom stereocenters. The maximum Gasteiger partial charge on any atom is 0.338 e. The summed E-state index contributed by atoms with van der Waals surface area (Å²) >= 11 is 1.55. The van der Waals surface area contributed by atoms with Crippen LogP contribution in [0.15, 0.2) is 47.4 Å².